The molecule has 1 unspecified atom stereocenters. The molecule has 0 spiro atoms. The van der Waals surface area contributed by atoms with Crippen LogP contribution in [0.2, 0.25) is 0 Å². The largest absolute Gasteiger partial charge is 0.481 e. The lowest BCUT2D eigenvalue weighted by atomic mass is 10.0. The maximum absolute atomic E-state index is 12.0. The van der Waals surface area contributed by atoms with Crippen LogP contribution >= 0.6 is 0 Å². The van der Waals surface area contributed by atoms with Gasteiger partial charge in [-0.1, -0.05) is 30.3 Å². The minimum absolute atomic E-state index is 0.0325. The van der Waals surface area contributed by atoms with Crippen molar-refractivity contribution in [3.63, 3.8) is 0 Å². The molecule has 1 rings (SSSR count). The minimum Gasteiger partial charge on any atom is -0.481 e. The number of hydrogen-bond acceptors (Lipinski definition) is 3. The van der Waals surface area contributed by atoms with Crippen molar-refractivity contribution in [2.45, 2.75) is 32.2 Å². The lowest BCUT2D eigenvalue weighted by Gasteiger charge is -2.19. The van der Waals surface area contributed by atoms with Crippen LogP contribution < -0.4 is 10.6 Å². The van der Waals surface area contributed by atoms with E-state index in [-0.39, 0.29) is 24.9 Å². The van der Waals surface area contributed by atoms with Gasteiger partial charge < -0.3 is 20.6 Å². The quantitative estimate of drug-likeness (QED) is 0.632. The molecule has 0 bridgehead atoms. The van der Waals surface area contributed by atoms with E-state index in [1.165, 1.54) is 4.90 Å². The number of carboxylic acids is 1. The summed E-state index contributed by atoms with van der Waals surface area (Å²) >= 11 is 0. The molecule has 1 aromatic rings. The van der Waals surface area contributed by atoms with Crippen LogP contribution in [0.5, 0.6) is 0 Å². The zero-order valence-electron chi connectivity index (χ0n) is 14.1. The number of aliphatic carboxylic acids is 1. The van der Waals surface area contributed by atoms with Crippen LogP contribution in [0.1, 0.15) is 25.3 Å². The molecule has 0 radical (unpaired) electrons. The Balaban J connectivity index is 2.55. The normalized spacial score (nSPS) is 11.4. The first-order valence-electron chi connectivity index (χ1n) is 7.96. The molecule has 3 N–H and O–H groups in total. The van der Waals surface area contributed by atoms with E-state index in [9.17, 15) is 14.4 Å². The SMILES string of the molecule is CCN(C)C(=O)CNC(=O)NC(CCC(=O)O)Cc1ccccc1. The maximum Gasteiger partial charge on any atom is 0.315 e. The Morgan fingerprint density at radius 1 is 1.21 bits per heavy atom. The van der Waals surface area contributed by atoms with Crippen LogP contribution in [0.3, 0.4) is 0 Å². The van der Waals surface area contributed by atoms with Gasteiger partial charge in [0.05, 0.1) is 6.54 Å². The number of likely N-dealkylation sites (N-methyl/N-ethyl adjacent to an activating group) is 1. The number of hydrogen-bond donors (Lipinski definition) is 3. The molecule has 7 heteroatoms. The van der Waals surface area contributed by atoms with E-state index in [0.29, 0.717) is 19.4 Å². The summed E-state index contributed by atoms with van der Waals surface area (Å²) in [6.07, 6.45) is 0.820. The second-order valence-corrected chi connectivity index (χ2v) is 5.55. The van der Waals surface area contributed by atoms with Gasteiger partial charge >= 0.3 is 12.0 Å². The van der Waals surface area contributed by atoms with Gasteiger partial charge in [-0.2, -0.15) is 0 Å². The maximum atomic E-state index is 12.0. The van der Waals surface area contributed by atoms with Crippen LogP contribution in [0.4, 0.5) is 4.79 Å². The summed E-state index contributed by atoms with van der Waals surface area (Å²) in [5, 5.41) is 14.1. The number of rotatable bonds is 9. The molecule has 0 aliphatic rings. The van der Waals surface area contributed by atoms with Gasteiger partial charge in [-0.05, 0) is 25.3 Å². The molecule has 0 aromatic heterocycles. The number of carbonyl (C=O) groups is 3. The van der Waals surface area contributed by atoms with Gasteiger partial charge in [-0.15, -0.1) is 0 Å². The van der Waals surface area contributed by atoms with Crippen LogP contribution in [-0.2, 0) is 16.0 Å². The van der Waals surface area contributed by atoms with Gasteiger partial charge in [0.2, 0.25) is 5.91 Å². The number of nitrogens with zero attached hydrogens (tertiary/aromatic N) is 1. The van der Waals surface area contributed by atoms with E-state index in [1.54, 1.807) is 7.05 Å². The third-order valence-electron chi connectivity index (χ3n) is 3.67. The van der Waals surface area contributed by atoms with Crippen LogP contribution in [0.15, 0.2) is 30.3 Å². The highest BCUT2D eigenvalue weighted by atomic mass is 16.4. The highest BCUT2D eigenvalue weighted by molar-refractivity contribution is 5.83. The summed E-state index contributed by atoms with van der Waals surface area (Å²) in [6.45, 7) is 2.32. The summed E-state index contributed by atoms with van der Waals surface area (Å²) < 4.78 is 0. The minimum atomic E-state index is -0.907. The fourth-order valence-electron chi connectivity index (χ4n) is 2.13. The van der Waals surface area contributed by atoms with Gasteiger partial charge in [0, 0.05) is 26.1 Å². The molecule has 7 nitrogen and oxygen atoms in total. The van der Waals surface area contributed by atoms with Gasteiger partial charge in [0.25, 0.3) is 0 Å². The molecule has 132 valence electrons. The summed E-state index contributed by atoms with van der Waals surface area (Å²) in [5.41, 5.74) is 1.01. The molecule has 0 saturated carbocycles. The number of carbonyl (C=O) groups excluding carboxylic acids is 2. The van der Waals surface area contributed by atoms with Crippen molar-refractivity contribution in [2.24, 2.45) is 0 Å². The molecule has 0 aliphatic heterocycles. The second-order valence-electron chi connectivity index (χ2n) is 5.55. The van der Waals surface area contributed by atoms with E-state index >= 15 is 0 Å². The summed E-state index contributed by atoms with van der Waals surface area (Å²) in [5.74, 6) is -1.09. The predicted molar refractivity (Wildman–Crippen MR) is 90.6 cm³/mol. The lowest BCUT2D eigenvalue weighted by molar-refractivity contribution is -0.137. The monoisotopic (exact) mass is 335 g/mol. The van der Waals surface area contributed by atoms with E-state index in [2.05, 4.69) is 10.6 Å². The van der Waals surface area contributed by atoms with Crippen molar-refractivity contribution in [2.75, 3.05) is 20.1 Å². The zero-order valence-corrected chi connectivity index (χ0v) is 14.1. The lowest BCUT2D eigenvalue weighted by Crippen LogP contribution is -2.46. The average molecular weight is 335 g/mol. The molecule has 0 aliphatic carbocycles. The number of amides is 3. The first kappa shape index (κ1) is 19.5. The zero-order chi connectivity index (χ0) is 17.9. The van der Waals surface area contributed by atoms with Crippen molar-refractivity contribution in [3.8, 4) is 0 Å². The fraction of sp³-hybridized carbons (Fsp3) is 0.471. The van der Waals surface area contributed by atoms with E-state index in [4.69, 9.17) is 5.11 Å². The van der Waals surface area contributed by atoms with Crippen LogP contribution in [0, 0.1) is 0 Å². The van der Waals surface area contributed by atoms with Crippen molar-refractivity contribution < 1.29 is 19.5 Å². The Morgan fingerprint density at radius 2 is 1.88 bits per heavy atom. The van der Waals surface area contributed by atoms with E-state index in [1.807, 2.05) is 37.3 Å². The van der Waals surface area contributed by atoms with Crippen LogP contribution in [0.25, 0.3) is 0 Å². The Morgan fingerprint density at radius 3 is 2.46 bits per heavy atom. The first-order chi connectivity index (χ1) is 11.4. The van der Waals surface area contributed by atoms with Crippen molar-refractivity contribution in [1.29, 1.82) is 0 Å². The second kappa shape index (κ2) is 10.3. The molecule has 0 heterocycles. The summed E-state index contributed by atoms with van der Waals surface area (Å²) in [7, 11) is 1.66. The topological polar surface area (TPSA) is 98.7 Å². The molecular formula is C17H25N3O4. The van der Waals surface area contributed by atoms with Crippen molar-refractivity contribution in [1.82, 2.24) is 15.5 Å². The third-order valence-corrected chi connectivity index (χ3v) is 3.67. The van der Waals surface area contributed by atoms with Gasteiger partial charge in [0.15, 0.2) is 0 Å². The summed E-state index contributed by atoms with van der Waals surface area (Å²) in [6, 6.07) is 8.74. The highest BCUT2D eigenvalue weighted by Gasteiger charge is 2.16. The predicted octanol–water partition coefficient (Wildman–Crippen LogP) is 1.24. The Bertz CT molecular complexity index is 548. The van der Waals surface area contributed by atoms with Gasteiger partial charge in [0.1, 0.15) is 0 Å². The summed E-state index contributed by atoms with van der Waals surface area (Å²) in [4.78, 5) is 35.9. The molecule has 0 saturated heterocycles. The highest BCUT2D eigenvalue weighted by Crippen LogP contribution is 2.08. The van der Waals surface area contributed by atoms with Crippen molar-refractivity contribution >= 4 is 17.9 Å². The Labute approximate surface area is 142 Å². The first-order valence-corrected chi connectivity index (χ1v) is 7.96. The molecule has 3 amide bonds. The van der Waals surface area contributed by atoms with Gasteiger partial charge in [-0.25, -0.2) is 4.79 Å². The molecule has 0 fully saturated rings. The van der Waals surface area contributed by atoms with Gasteiger partial charge in [-0.3, -0.25) is 9.59 Å². The molecule has 24 heavy (non-hydrogen) atoms. The fourth-order valence-corrected chi connectivity index (χ4v) is 2.13. The third kappa shape index (κ3) is 7.62. The van der Waals surface area contributed by atoms with E-state index < -0.39 is 12.0 Å². The standard InChI is InChI=1S/C17H25N3O4/c1-3-20(2)15(21)12-18-17(24)19-14(9-10-16(22)23)11-13-7-5-4-6-8-13/h4-8,14H,3,9-12H2,1-2H3,(H,22,23)(H2,18,19,24). The smallest absolute Gasteiger partial charge is 0.315 e. The molecule has 1 aromatic carbocycles. The number of urea groups is 1. The number of nitrogens with one attached hydrogen (secondary N) is 2. The number of benzene rings is 1. The van der Waals surface area contributed by atoms with Crippen molar-refractivity contribution in [3.05, 3.63) is 35.9 Å². The molecule has 1 atom stereocenters. The molecular weight excluding hydrogens is 310 g/mol. The average Bonchev–Trinajstić information content (AvgIpc) is 2.57. The number of carboxylic acid groups (broad SMARTS) is 1. The van der Waals surface area contributed by atoms with Crippen LogP contribution in [-0.4, -0.2) is 54.1 Å². The Hall–Kier alpha value is -2.57. The van der Waals surface area contributed by atoms with E-state index in [0.717, 1.165) is 5.56 Å². The Kier molecular flexibility index (Phi) is 8.32.